The number of aryl methyl sites for hydroxylation is 1. The van der Waals surface area contributed by atoms with E-state index in [1.807, 2.05) is 31.2 Å². The van der Waals surface area contributed by atoms with E-state index in [1.165, 1.54) is 13.2 Å². The molecule has 0 atom stereocenters. The average molecular weight is 242 g/mol. The number of hydrogen-bond acceptors (Lipinski definition) is 4. The van der Waals surface area contributed by atoms with Gasteiger partial charge in [-0.25, -0.2) is 9.78 Å². The number of aromatic nitrogens is 1. The largest absolute Gasteiger partial charge is 0.465 e. The fraction of sp³-hybridized carbons (Fsp3) is 0.143. The molecule has 2 aromatic rings. The van der Waals surface area contributed by atoms with Gasteiger partial charge >= 0.3 is 5.97 Å². The van der Waals surface area contributed by atoms with Gasteiger partial charge < -0.3 is 10.5 Å². The topological polar surface area (TPSA) is 65.2 Å². The van der Waals surface area contributed by atoms with Crippen LogP contribution in [0.1, 0.15) is 15.9 Å². The summed E-state index contributed by atoms with van der Waals surface area (Å²) in [5.74, 6) is -0.116. The molecule has 0 saturated carbocycles. The predicted octanol–water partition coefficient (Wildman–Crippen LogP) is 2.43. The summed E-state index contributed by atoms with van der Waals surface area (Å²) in [5.41, 5.74) is 8.79. The number of esters is 1. The van der Waals surface area contributed by atoms with E-state index in [-0.39, 0.29) is 0 Å². The lowest BCUT2D eigenvalue weighted by Crippen LogP contribution is -2.06. The van der Waals surface area contributed by atoms with Crippen molar-refractivity contribution in [2.75, 3.05) is 12.8 Å². The molecule has 0 aliphatic rings. The first kappa shape index (κ1) is 12.1. The maximum atomic E-state index is 11.8. The van der Waals surface area contributed by atoms with Crippen LogP contribution in [0.25, 0.3) is 11.1 Å². The quantitative estimate of drug-likeness (QED) is 0.821. The molecule has 0 amide bonds. The minimum absolute atomic E-state index is 0.299. The summed E-state index contributed by atoms with van der Waals surface area (Å²) in [6, 6.07) is 9.32. The summed E-state index contributed by atoms with van der Waals surface area (Å²) in [6.45, 7) is 1.98. The summed E-state index contributed by atoms with van der Waals surface area (Å²) in [6.07, 6.45) is 1.60. The molecular formula is C14H14N2O2. The predicted molar refractivity (Wildman–Crippen MR) is 70.2 cm³/mol. The number of hydrogen-bond donors (Lipinski definition) is 1. The van der Waals surface area contributed by atoms with Crippen LogP contribution in [0.15, 0.2) is 36.5 Å². The van der Waals surface area contributed by atoms with E-state index in [2.05, 4.69) is 4.98 Å². The summed E-state index contributed by atoms with van der Waals surface area (Å²) in [4.78, 5) is 15.8. The number of nitrogens with zero attached hydrogens (tertiary/aromatic N) is 1. The standard InChI is InChI=1S/C14H14N2O2/c1-9-5-3-4-6-10(9)12-8-16-13(15)7-11(12)14(17)18-2/h3-8H,1-2H3,(H2,15,16). The fourth-order valence-corrected chi connectivity index (χ4v) is 1.84. The first-order chi connectivity index (χ1) is 8.63. The zero-order chi connectivity index (χ0) is 13.1. The highest BCUT2D eigenvalue weighted by Crippen LogP contribution is 2.27. The Kier molecular flexibility index (Phi) is 3.28. The van der Waals surface area contributed by atoms with Gasteiger partial charge in [0, 0.05) is 11.8 Å². The molecule has 0 bridgehead atoms. The number of nitrogen functional groups attached to an aromatic ring is 1. The third-order valence-corrected chi connectivity index (χ3v) is 2.77. The van der Waals surface area contributed by atoms with Gasteiger partial charge in [0.1, 0.15) is 5.82 Å². The van der Waals surface area contributed by atoms with Gasteiger partial charge in [-0.2, -0.15) is 0 Å². The van der Waals surface area contributed by atoms with Crippen LogP contribution in [-0.2, 0) is 4.74 Å². The lowest BCUT2D eigenvalue weighted by atomic mass is 9.98. The summed E-state index contributed by atoms with van der Waals surface area (Å²) < 4.78 is 4.77. The Bertz CT molecular complexity index is 594. The van der Waals surface area contributed by atoms with Crippen molar-refractivity contribution in [1.29, 1.82) is 0 Å². The lowest BCUT2D eigenvalue weighted by Gasteiger charge is -2.10. The minimum Gasteiger partial charge on any atom is -0.465 e. The molecule has 18 heavy (non-hydrogen) atoms. The van der Waals surface area contributed by atoms with E-state index < -0.39 is 5.97 Å². The van der Waals surface area contributed by atoms with Crippen molar-refractivity contribution in [1.82, 2.24) is 4.98 Å². The Hall–Kier alpha value is -2.36. The van der Waals surface area contributed by atoms with Gasteiger partial charge in [-0.3, -0.25) is 0 Å². The first-order valence-corrected chi connectivity index (χ1v) is 5.53. The highest BCUT2D eigenvalue weighted by atomic mass is 16.5. The molecule has 0 aliphatic carbocycles. The average Bonchev–Trinajstić information content (AvgIpc) is 2.39. The Labute approximate surface area is 105 Å². The van der Waals surface area contributed by atoms with Crippen LogP contribution in [0.3, 0.4) is 0 Å². The molecule has 1 aromatic heterocycles. The van der Waals surface area contributed by atoms with E-state index >= 15 is 0 Å². The molecule has 4 nitrogen and oxygen atoms in total. The van der Waals surface area contributed by atoms with Crippen molar-refractivity contribution >= 4 is 11.8 Å². The number of methoxy groups -OCH3 is 1. The van der Waals surface area contributed by atoms with Gasteiger partial charge in [0.25, 0.3) is 0 Å². The van der Waals surface area contributed by atoms with Gasteiger partial charge in [0.15, 0.2) is 0 Å². The van der Waals surface area contributed by atoms with Crippen LogP contribution in [-0.4, -0.2) is 18.1 Å². The van der Waals surface area contributed by atoms with Crippen molar-refractivity contribution in [2.24, 2.45) is 0 Å². The molecule has 1 heterocycles. The number of rotatable bonds is 2. The highest BCUT2D eigenvalue weighted by molar-refractivity contribution is 5.98. The third kappa shape index (κ3) is 2.18. The van der Waals surface area contributed by atoms with E-state index in [4.69, 9.17) is 10.5 Å². The molecule has 0 spiro atoms. The molecule has 2 N–H and O–H groups in total. The van der Waals surface area contributed by atoms with E-state index in [1.54, 1.807) is 6.20 Å². The van der Waals surface area contributed by atoms with Crippen molar-refractivity contribution in [3.05, 3.63) is 47.7 Å². The number of pyridine rings is 1. The number of ether oxygens (including phenoxy) is 1. The summed E-state index contributed by atoms with van der Waals surface area (Å²) in [5, 5.41) is 0. The van der Waals surface area contributed by atoms with Crippen molar-refractivity contribution in [3.8, 4) is 11.1 Å². The molecule has 0 unspecified atom stereocenters. The van der Waals surface area contributed by atoms with Crippen LogP contribution in [0.2, 0.25) is 0 Å². The molecule has 0 radical (unpaired) electrons. The maximum absolute atomic E-state index is 11.8. The van der Waals surface area contributed by atoms with E-state index in [0.29, 0.717) is 11.4 Å². The van der Waals surface area contributed by atoms with Crippen LogP contribution in [0.5, 0.6) is 0 Å². The van der Waals surface area contributed by atoms with Gasteiger partial charge in [-0.1, -0.05) is 24.3 Å². The first-order valence-electron chi connectivity index (χ1n) is 5.53. The zero-order valence-corrected chi connectivity index (χ0v) is 10.3. The Morgan fingerprint density at radius 2 is 2.00 bits per heavy atom. The molecule has 1 aromatic carbocycles. The third-order valence-electron chi connectivity index (χ3n) is 2.77. The Morgan fingerprint density at radius 1 is 1.28 bits per heavy atom. The van der Waals surface area contributed by atoms with Crippen LogP contribution >= 0.6 is 0 Å². The lowest BCUT2D eigenvalue weighted by molar-refractivity contribution is 0.0601. The number of carbonyl (C=O) groups is 1. The molecule has 92 valence electrons. The monoisotopic (exact) mass is 242 g/mol. The minimum atomic E-state index is -0.414. The highest BCUT2D eigenvalue weighted by Gasteiger charge is 2.15. The van der Waals surface area contributed by atoms with Crippen LogP contribution < -0.4 is 5.73 Å². The van der Waals surface area contributed by atoms with E-state index in [0.717, 1.165) is 16.7 Å². The number of nitrogens with two attached hydrogens (primary N) is 1. The molecular weight excluding hydrogens is 228 g/mol. The van der Waals surface area contributed by atoms with Gasteiger partial charge in [-0.15, -0.1) is 0 Å². The van der Waals surface area contributed by atoms with E-state index in [9.17, 15) is 4.79 Å². The summed E-state index contributed by atoms with van der Waals surface area (Å²) in [7, 11) is 1.35. The fourth-order valence-electron chi connectivity index (χ4n) is 1.84. The number of anilines is 1. The Balaban J connectivity index is 2.64. The number of carbonyl (C=O) groups excluding carboxylic acids is 1. The van der Waals surface area contributed by atoms with Gasteiger partial charge in [-0.05, 0) is 24.1 Å². The van der Waals surface area contributed by atoms with Crippen molar-refractivity contribution in [3.63, 3.8) is 0 Å². The van der Waals surface area contributed by atoms with Crippen LogP contribution in [0.4, 0.5) is 5.82 Å². The molecule has 2 rings (SSSR count). The van der Waals surface area contributed by atoms with Gasteiger partial charge in [0.05, 0.1) is 12.7 Å². The summed E-state index contributed by atoms with van der Waals surface area (Å²) >= 11 is 0. The second-order valence-corrected chi connectivity index (χ2v) is 3.96. The van der Waals surface area contributed by atoms with Crippen LogP contribution in [0, 0.1) is 6.92 Å². The zero-order valence-electron chi connectivity index (χ0n) is 10.3. The van der Waals surface area contributed by atoms with Gasteiger partial charge in [0.2, 0.25) is 0 Å². The number of benzene rings is 1. The second kappa shape index (κ2) is 4.87. The van der Waals surface area contributed by atoms with Crippen molar-refractivity contribution < 1.29 is 9.53 Å². The second-order valence-electron chi connectivity index (χ2n) is 3.96. The SMILES string of the molecule is COC(=O)c1cc(N)ncc1-c1ccccc1C. The van der Waals surface area contributed by atoms with Crippen molar-refractivity contribution in [2.45, 2.75) is 6.92 Å². The molecule has 0 saturated heterocycles. The molecule has 0 fully saturated rings. The molecule has 4 heteroatoms. The smallest absolute Gasteiger partial charge is 0.338 e. The molecule has 0 aliphatic heterocycles. The normalized spacial score (nSPS) is 10.1. The maximum Gasteiger partial charge on any atom is 0.338 e. The Morgan fingerprint density at radius 3 is 2.67 bits per heavy atom.